The van der Waals surface area contributed by atoms with Gasteiger partial charge in [-0.2, -0.15) is 0 Å². The lowest BCUT2D eigenvalue weighted by Crippen LogP contribution is -2.06. The number of pyridine rings is 2. The molecule has 0 spiro atoms. The second-order valence-electron chi connectivity index (χ2n) is 8.30. The maximum absolute atomic E-state index is 4.98. The Kier molecular flexibility index (Phi) is 5.77. The van der Waals surface area contributed by atoms with Crippen LogP contribution in [0.5, 0.6) is 0 Å². The van der Waals surface area contributed by atoms with Crippen LogP contribution in [0.4, 0.5) is 5.82 Å². The minimum Gasteiger partial charge on any atom is -0.364 e. The van der Waals surface area contributed by atoms with Crippen molar-refractivity contribution in [2.75, 3.05) is 5.32 Å². The lowest BCUT2D eigenvalue weighted by atomic mass is 10.0. The quantitative estimate of drug-likeness (QED) is 0.333. The Morgan fingerprint density at radius 2 is 1.67 bits per heavy atom. The monoisotopic (exact) mass is 431 g/mol. The van der Waals surface area contributed by atoms with Crippen molar-refractivity contribution >= 4 is 16.7 Å². The van der Waals surface area contributed by atoms with Crippen molar-refractivity contribution in [1.29, 1.82) is 0 Å². The SMILES string of the molecule is CC(C)c1cncc(-c2nc(NCc3ccccn3)c3c(-c4ccccc4)cccc3n2)c1. The Balaban J connectivity index is 1.67. The predicted octanol–water partition coefficient (Wildman–Crippen LogP) is 6.49. The summed E-state index contributed by atoms with van der Waals surface area (Å²) < 4.78 is 0. The molecule has 0 saturated carbocycles. The first-order valence-corrected chi connectivity index (χ1v) is 11.1. The molecule has 3 heterocycles. The van der Waals surface area contributed by atoms with Crippen molar-refractivity contribution in [2.24, 2.45) is 0 Å². The molecular formula is C28H25N5. The van der Waals surface area contributed by atoms with Gasteiger partial charge in [0.15, 0.2) is 5.82 Å². The van der Waals surface area contributed by atoms with Crippen LogP contribution in [-0.2, 0) is 6.54 Å². The Labute approximate surface area is 193 Å². The number of nitrogens with zero attached hydrogens (tertiary/aromatic N) is 4. The first-order valence-electron chi connectivity index (χ1n) is 11.1. The fourth-order valence-corrected chi connectivity index (χ4v) is 3.87. The van der Waals surface area contributed by atoms with Gasteiger partial charge in [-0.1, -0.05) is 62.4 Å². The lowest BCUT2D eigenvalue weighted by molar-refractivity contribution is 0.858. The largest absolute Gasteiger partial charge is 0.364 e. The van der Waals surface area contributed by atoms with Gasteiger partial charge in [-0.25, -0.2) is 9.97 Å². The van der Waals surface area contributed by atoms with Crippen LogP contribution in [0.3, 0.4) is 0 Å². The van der Waals surface area contributed by atoms with Crippen LogP contribution >= 0.6 is 0 Å². The number of aromatic nitrogens is 4. The van der Waals surface area contributed by atoms with Crippen molar-refractivity contribution in [2.45, 2.75) is 26.3 Å². The fraction of sp³-hybridized carbons (Fsp3) is 0.143. The molecule has 5 aromatic rings. The molecule has 0 atom stereocenters. The summed E-state index contributed by atoms with van der Waals surface area (Å²) in [5.74, 6) is 1.82. The zero-order valence-corrected chi connectivity index (χ0v) is 18.7. The Morgan fingerprint density at radius 3 is 2.45 bits per heavy atom. The molecule has 0 aliphatic heterocycles. The highest BCUT2D eigenvalue weighted by Crippen LogP contribution is 2.34. The number of hydrogen-bond donors (Lipinski definition) is 1. The van der Waals surface area contributed by atoms with E-state index in [1.54, 1.807) is 6.20 Å². The van der Waals surface area contributed by atoms with Gasteiger partial charge >= 0.3 is 0 Å². The van der Waals surface area contributed by atoms with Crippen LogP contribution in [-0.4, -0.2) is 19.9 Å². The minimum atomic E-state index is 0.379. The molecule has 162 valence electrons. The van der Waals surface area contributed by atoms with Gasteiger partial charge in [0, 0.05) is 24.2 Å². The summed E-state index contributed by atoms with van der Waals surface area (Å²) in [7, 11) is 0. The summed E-state index contributed by atoms with van der Waals surface area (Å²) >= 11 is 0. The third kappa shape index (κ3) is 4.44. The number of fused-ring (bicyclic) bond motifs is 1. The minimum absolute atomic E-state index is 0.379. The molecule has 5 nitrogen and oxygen atoms in total. The van der Waals surface area contributed by atoms with E-state index in [1.165, 1.54) is 0 Å². The van der Waals surface area contributed by atoms with E-state index in [0.29, 0.717) is 18.3 Å². The molecule has 0 radical (unpaired) electrons. The second kappa shape index (κ2) is 9.17. The fourth-order valence-electron chi connectivity index (χ4n) is 3.87. The van der Waals surface area contributed by atoms with Gasteiger partial charge < -0.3 is 5.32 Å². The first kappa shape index (κ1) is 20.8. The summed E-state index contributed by atoms with van der Waals surface area (Å²) in [4.78, 5) is 18.8. The average molecular weight is 432 g/mol. The normalized spacial score (nSPS) is 11.1. The molecule has 33 heavy (non-hydrogen) atoms. The molecule has 0 saturated heterocycles. The van der Waals surface area contributed by atoms with E-state index in [0.717, 1.165) is 44.7 Å². The van der Waals surface area contributed by atoms with Crippen molar-refractivity contribution < 1.29 is 0 Å². The van der Waals surface area contributed by atoms with Crippen molar-refractivity contribution in [3.63, 3.8) is 0 Å². The highest BCUT2D eigenvalue weighted by atomic mass is 15.0. The molecule has 2 aromatic carbocycles. The average Bonchev–Trinajstić information content (AvgIpc) is 2.88. The van der Waals surface area contributed by atoms with E-state index in [1.807, 2.05) is 60.9 Å². The molecular weight excluding hydrogens is 406 g/mol. The topological polar surface area (TPSA) is 63.6 Å². The first-order chi connectivity index (χ1) is 16.2. The van der Waals surface area contributed by atoms with Gasteiger partial charge in [0.05, 0.1) is 23.1 Å². The molecule has 0 aliphatic rings. The molecule has 3 aromatic heterocycles. The van der Waals surface area contributed by atoms with E-state index in [-0.39, 0.29) is 0 Å². The number of nitrogens with one attached hydrogen (secondary N) is 1. The maximum atomic E-state index is 4.98. The Bertz CT molecular complexity index is 1380. The predicted molar refractivity (Wildman–Crippen MR) is 134 cm³/mol. The highest BCUT2D eigenvalue weighted by Gasteiger charge is 2.15. The van der Waals surface area contributed by atoms with Gasteiger partial charge in [-0.05, 0) is 46.9 Å². The molecule has 0 amide bonds. The smallest absolute Gasteiger partial charge is 0.163 e. The van der Waals surface area contributed by atoms with Crippen LogP contribution < -0.4 is 5.32 Å². The standard InChI is InChI=1S/C28H25N5/c1-19(2)21-15-22(17-29-16-21)27-32-25-13-8-12-24(20-9-4-3-5-10-20)26(25)28(33-27)31-18-23-11-6-7-14-30-23/h3-17,19H,18H2,1-2H3,(H,31,32,33). The maximum Gasteiger partial charge on any atom is 0.163 e. The van der Waals surface area contributed by atoms with E-state index in [4.69, 9.17) is 9.97 Å². The van der Waals surface area contributed by atoms with E-state index in [9.17, 15) is 0 Å². The Morgan fingerprint density at radius 1 is 0.818 bits per heavy atom. The molecule has 5 rings (SSSR count). The number of benzene rings is 2. The van der Waals surface area contributed by atoms with Crippen LogP contribution in [0, 0.1) is 0 Å². The molecule has 0 bridgehead atoms. The molecule has 0 unspecified atom stereocenters. The Hall–Kier alpha value is -4.12. The summed E-state index contributed by atoms with van der Waals surface area (Å²) in [5.41, 5.74) is 6.14. The van der Waals surface area contributed by atoms with Gasteiger partial charge in [-0.15, -0.1) is 0 Å². The number of hydrogen-bond acceptors (Lipinski definition) is 5. The third-order valence-electron chi connectivity index (χ3n) is 5.66. The van der Waals surface area contributed by atoms with Gasteiger partial charge in [0.1, 0.15) is 5.82 Å². The van der Waals surface area contributed by atoms with Crippen LogP contribution in [0.2, 0.25) is 0 Å². The van der Waals surface area contributed by atoms with E-state index in [2.05, 4.69) is 53.4 Å². The molecule has 5 heteroatoms. The second-order valence-corrected chi connectivity index (χ2v) is 8.30. The zero-order chi connectivity index (χ0) is 22.6. The molecule has 1 N–H and O–H groups in total. The van der Waals surface area contributed by atoms with Crippen LogP contribution in [0.15, 0.2) is 91.4 Å². The summed E-state index contributed by atoms with van der Waals surface area (Å²) in [5, 5.41) is 4.52. The van der Waals surface area contributed by atoms with Crippen LogP contribution in [0.25, 0.3) is 33.4 Å². The summed E-state index contributed by atoms with van der Waals surface area (Å²) in [6.07, 6.45) is 5.54. The van der Waals surface area contributed by atoms with Gasteiger partial charge in [0.25, 0.3) is 0 Å². The third-order valence-corrected chi connectivity index (χ3v) is 5.66. The van der Waals surface area contributed by atoms with E-state index < -0.39 is 0 Å². The van der Waals surface area contributed by atoms with Crippen molar-refractivity contribution in [3.05, 3.63) is 103 Å². The highest BCUT2D eigenvalue weighted by molar-refractivity contribution is 6.02. The summed E-state index contributed by atoms with van der Waals surface area (Å²) in [6, 6.07) is 24.6. The van der Waals surface area contributed by atoms with Crippen molar-refractivity contribution in [1.82, 2.24) is 19.9 Å². The lowest BCUT2D eigenvalue weighted by Gasteiger charge is -2.15. The molecule has 0 aliphatic carbocycles. The van der Waals surface area contributed by atoms with Crippen LogP contribution in [0.1, 0.15) is 31.0 Å². The zero-order valence-electron chi connectivity index (χ0n) is 18.7. The van der Waals surface area contributed by atoms with Gasteiger partial charge in [0.2, 0.25) is 0 Å². The summed E-state index contributed by atoms with van der Waals surface area (Å²) in [6.45, 7) is 4.89. The van der Waals surface area contributed by atoms with Crippen molar-refractivity contribution in [3.8, 4) is 22.5 Å². The number of anilines is 1. The molecule has 0 fully saturated rings. The number of rotatable bonds is 6. The van der Waals surface area contributed by atoms with E-state index >= 15 is 0 Å². The van der Waals surface area contributed by atoms with Gasteiger partial charge in [-0.3, -0.25) is 9.97 Å².